The highest BCUT2D eigenvalue weighted by molar-refractivity contribution is 7.92. The van der Waals surface area contributed by atoms with Crippen LogP contribution < -0.4 is 19.1 Å². The molecule has 1 aromatic heterocycles. The molecule has 5 rings (SSSR count). The second-order valence-electron chi connectivity index (χ2n) is 7.55. The van der Waals surface area contributed by atoms with Crippen molar-refractivity contribution in [1.82, 2.24) is 10.2 Å². The summed E-state index contributed by atoms with van der Waals surface area (Å²) in [5, 5.41) is 11.8. The Morgan fingerprint density at radius 2 is 1.74 bits per heavy atom. The summed E-state index contributed by atoms with van der Waals surface area (Å²) >= 11 is 1.22. The Balaban J connectivity index is 1.40. The van der Waals surface area contributed by atoms with Gasteiger partial charge in [-0.15, -0.1) is 10.2 Å². The lowest BCUT2D eigenvalue weighted by atomic mass is 10.2. The Morgan fingerprint density at radius 3 is 2.49 bits per heavy atom. The largest absolute Gasteiger partial charge is 0.497 e. The zero-order valence-electron chi connectivity index (χ0n) is 18.5. The average Bonchev–Trinajstić information content (AvgIpc) is 3.37. The summed E-state index contributed by atoms with van der Waals surface area (Å²) in [7, 11) is -2.47. The van der Waals surface area contributed by atoms with Gasteiger partial charge < -0.3 is 9.47 Å². The molecule has 1 aliphatic rings. The van der Waals surface area contributed by atoms with Crippen LogP contribution in [0.2, 0.25) is 0 Å². The van der Waals surface area contributed by atoms with Crippen LogP contribution in [0.4, 0.5) is 10.8 Å². The Bertz CT molecular complexity index is 1460. The second kappa shape index (κ2) is 9.35. The van der Waals surface area contributed by atoms with E-state index in [0.717, 1.165) is 5.56 Å². The normalized spacial score (nSPS) is 15.1. The van der Waals surface area contributed by atoms with Crippen molar-refractivity contribution in [1.29, 1.82) is 0 Å². The number of amides is 1. The number of benzene rings is 3. The molecular formula is C24H20N4O5S2. The van der Waals surface area contributed by atoms with Crippen molar-refractivity contribution in [2.24, 2.45) is 0 Å². The van der Waals surface area contributed by atoms with E-state index in [-0.39, 0.29) is 11.4 Å². The van der Waals surface area contributed by atoms with Gasteiger partial charge in [0.2, 0.25) is 5.13 Å². The molecule has 1 amide bonds. The molecule has 0 fully saturated rings. The molecule has 4 aromatic rings. The molecule has 0 saturated carbocycles. The summed E-state index contributed by atoms with van der Waals surface area (Å²) in [6.07, 6.45) is -1.10. The highest BCUT2D eigenvalue weighted by atomic mass is 32.2. The van der Waals surface area contributed by atoms with E-state index in [1.807, 2.05) is 30.3 Å². The third-order valence-corrected chi connectivity index (χ3v) is 8.03. The average molecular weight is 509 g/mol. The van der Waals surface area contributed by atoms with Gasteiger partial charge in [-0.25, -0.2) is 8.42 Å². The third kappa shape index (κ3) is 4.55. The topological polar surface area (TPSA) is 111 Å². The van der Waals surface area contributed by atoms with Crippen LogP contribution in [-0.2, 0) is 14.8 Å². The summed E-state index contributed by atoms with van der Waals surface area (Å²) < 4.78 is 39.2. The van der Waals surface area contributed by atoms with Crippen molar-refractivity contribution in [3.05, 3.63) is 78.9 Å². The Hall–Kier alpha value is -3.96. The number of aromatic nitrogens is 2. The number of nitrogens with zero attached hydrogens (tertiary/aromatic N) is 3. The fourth-order valence-electron chi connectivity index (χ4n) is 3.60. The molecule has 1 atom stereocenters. The molecule has 2 heterocycles. The van der Waals surface area contributed by atoms with Gasteiger partial charge >= 0.3 is 0 Å². The number of carbonyl (C=O) groups excluding carboxylic acids is 1. The molecule has 0 unspecified atom stereocenters. The predicted molar refractivity (Wildman–Crippen MR) is 132 cm³/mol. The minimum absolute atomic E-state index is 0.0748. The number of fused-ring (bicyclic) bond motifs is 1. The van der Waals surface area contributed by atoms with Gasteiger partial charge in [0.15, 0.2) is 6.10 Å². The van der Waals surface area contributed by atoms with E-state index in [1.165, 1.54) is 34.9 Å². The van der Waals surface area contributed by atoms with Crippen molar-refractivity contribution >= 4 is 38.1 Å². The van der Waals surface area contributed by atoms with E-state index in [1.54, 1.807) is 36.4 Å². The maximum Gasteiger partial charge on any atom is 0.269 e. The number of para-hydroxylation sites is 2. The Kier molecular flexibility index (Phi) is 6.10. The first-order valence-corrected chi connectivity index (χ1v) is 12.8. The van der Waals surface area contributed by atoms with Crippen molar-refractivity contribution in [2.45, 2.75) is 11.0 Å². The Labute approximate surface area is 206 Å². The fourth-order valence-corrected chi connectivity index (χ4v) is 5.83. The summed E-state index contributed by atoms with van der Waals surface area (Å²) in [4.78, 5) is 13.2. The SMILES string of the molecule is COc1ccc(S(=O)(=O)N2C[C@H](C(=O)Nc3nnc(-c4ccccc4)s3)Oc3ccccc32)cc1. The van der Waals surface area contributed by atoms with E-state index in [2.05, 4.69) is 15.5 Å². The number of anilines is 2. The van der Waals surface area contributed by atoms with Crippen molar-refractivity contribution < 1.29 is 22.7 Å². The smallest absolute Gasteiger partial charge is 0.269 e. The van der Waals surface area contributed by atoms with Crippen molar-refractivity contribution in [3.8, 4) is 22.1 Å². The molecule has 0 bridgehead atoms. The van der Waals surface area contributed by atoms with Gasteiger partial charge in [0, 0.05) is 5.56 Å². The highest BCUT2D eigenvalue weighted by Crippen LogP contribution is 2.37. The lowest BCUT2D eigenvalue weighted by Gasteiger charge is -2.34. The second-order valence-corrected chi connectivity index (χ2v) is 10.4. The lowest BCUT2D eigenvalue weighted by Crippen LogP contribution is -2.48. The minimum atomic E-state index is -3.98. The number of carbonyl (C=O) groups is 1. The van der Waals surface area contributed by atoms with Gasteiger partial charge in [0.05, 0.1) is 24.2 Å². The molecular weight excluding hydrogens is 488 g/mol. The van der Waals surface area contributed by atoms with E-state index < -0.39 is 22.0 Å². The van der Waals surface area contributed by atoms with Crippen molar-refractivity contribution in [2.75, 3.05) is 23.3 Å². The number of ether oxygens (including phenoxy) is 2. The molecule has 0 aliphatic carbocycles. The summed E-state index contributed by atoms with van der Waals surface area (Å²) in [6.45, 7) is -0.207. The molecule has 178 valence electrons. The highest BCUT2D eigenvalue weighted by Gasteiger charge is 2.37. The standard InChI is InChI=1S/C24H20N4O5S2/c1-32-17-11-13-18(14-12-17)35(30,31)28-15-21(33-20-10-6-5-9-19(20)28)22(29)25-24-27-26-23(34-24)16-7-3-2-4-8-16/h2-14,21H,15H2,1H3,(H,25,27,29)/t21-/m1/s1. The van der Waals surface area contributed by atoms with Crippen LogP contribution in [0.15, 0.2) is 83.8 Å². The number of rotatable bonds is 6. The lowest BCUT2D eigenvalue weighted by molar-refractivity contribution is -0.122. The molecule has 3 aromatic carbocycles. The number of hydrogen-bond acceptors (Lipinski definition) is 8. The van der Waals surface area contributed by atoms with Crippen LogP contribution in [0.3, 0.4) is 0 Å². The van der Waals surface area contributed by atoms with Gasteiger partial charge in [0.1, 0.15) is 16.5 Å². The van der Waals surface area contributed by atoms with Crippen LogP contribution in [0.1, 0.15) is 0 Å². The van der Waals surface area contributed by atoms with Crippen LogP contribution >= 0.6 is 11.3 Å². The zero-order chi connectivity index (χ0) is 24.4. The van der Waals surface area contributed by atoms with Gasteiger partial charge in [-0.3, -0.25) is 14.4 Å². The Morgan fingerprint density at radius 1 is 1.03 bits per heavy atom. The zero-order valence-corrected chi connectivity index (χ0v) is 20.1. The van der Waals surface area contributed by atoms with Gasteiger partial charge in [-0.2, -0.15) is 0 Å². The maximum atomic E-state index is 13.5. The van der Waals surface area contributed by atoms with Crippen LogP contribution in [-0.4, -0.2) is 44.3 Å². The van der Waals surface area contributed by atoms with Gasteiger partial charge in [0.25, 0.3) is 15.9 Å². The molecule has 9 nitrogen and oxygen atoms in total. The van der Waals surface area contributed by atoms with Gasteiger partial charge in [-0.05, 0) is 36.4 Å². The number of nitrogens with one attached hydrogen (secondary N) is 1. The van der Waals surface area contributed by atoms with E-state index in [4.69, 9.17) is 9.47 Å². The fraction of sp³-hybridized carbons (Fsp3) is 0.125. The van der Waals surface area contributed by atoms with E-state index >= 15 is 0 Å². The first-order valence-electron chi connectivity index (χ1n) is 10.6. The first-order chi connectivity index (χ1) is 17.0. The number of methoxy groups -OCH3 is 1. The first kappa shape index (κ1) is 22.8. The molecule has 0 spiro atoms. The minimum Gasteiger partial charge on any atom is -0.497 e. The van der Waals surface area contributed by atoms with E-state index in [0.29, 0.717) is 27.3 Å². The quantitative estimate of drug-likeness (QED) is 0.422. The van der Waals surface area contributed by atoms with Crippen LogP contribution in [0.5, 0.6) is 11.5 Å². The van der Waals surface area contributed by atoms with Crippen LogP contribution in [0.25, 0.3) is 10.6 Å². The molecule has 11 heteroatoms. The van der Waals surface area contributed by atoms with Gasteiger partial charge in [-0.1, -0.05) is 53.8 Å². The van der Waals surface area contributed by atoms with Crippen LogP contribution in [0, 0.1) is 0 Å². The molecule has 1 aliphatic heterocycles. The van der Waals surface area contributed by atoms with E-state index in [9.17, 15) is 13.2 Å². The third-order valence-electron chi connectivity index (χ3n) is 5.35. The monoisotopic (exact) mass is 508 g/mol. The van der Waals surface area contributed by atoms with Crippen molar-refractivity contribution in [3.63, 3.8) is 0 Å². The summed E-state index contributed by atoms with van der Waals surface area (Å²) in [5.41, 5.74) is 1.24. The number of sulfonamides is 1. The molecule has 1 N–H and O–H groups in total. The molecule has 0 saturated heterocycles. The maximum absolute atomic E-state index is 13.5. The molecule has 35 heavy (non-hydrogen) atoms. The summed E-state index contributed by atoms with van der Waals surface area (Å²) in [6, 6.07) is 22.3. The molecule has 0 radical (unpaired) electrons. The number of hydrogen-bond donors (Lipinski definition) is 1. The predicted octanol–water partition coefficient (Wildman–Crippen LogP) is 3.81. The summed E-state index contributed by atoms with van der Waals surface area (Å²) in [5.74, 6) is 0.305.